The van der Waals surface area contributed by atoms with E-state index < -0.39 is 0 Å². The van der Waals surface area contributed by atoms with Gasteiger partial charge in [-0.15, -0.1) is 0 Å². The second-order valence-electron chi connectivity index (χ2n) is 4.78. The van der Waals surface area contributed by atoms with Crippen LogP contribution in [0, 0.1) is 5.41 Å². The van der Waals surface area contributed by atoms with Gasteiger partial charge in [0, 0.05) is 19.1 Å². The maximum atomic E-state index is 7.31. The van der Waals surface area contributed by atoms with Gasteiger partial charge in [0.2, 0.25) is 0 Å². The van der Waals surface area contributed by atoms with Crippen molar-refractivity contribution in [2.45, 2.75) is 26.3 Å². The smallest absolute Gasteiger partial charge is 0.147 e. The largest absolute Gasteiger partial charge is 0.382 e. The van der Waals surface area contributed by atoms with Crippen LogP contribution in [0.25, 0.3) is 0 Å². The molecule has 0 radical (unpaired) electrons. The maximum absolute atomic E-state index is 7.31. The summed E-state index contributed by atoms with van der Waals surface area (Å²) >= 11 is 0. The van der Waals surface area contributed by atoms with Gasteiger partial charge in [-0.2, -0.15) is 0 Å². The van der Waals surface area contributed by atoms with Crippen LogP contribution in [0.15, 0.2) is 12.4 Å². The molecule has 0 spiro atoms. The lowest BCUT2D eigenvalue weighted by atomic mass is 10.2. The molecule has 0 amide bonds. The fourth-order valence-corrected chi connectivity index (χ4v) is 2.61. The van der Waals surface area contributed by atoms with Gasteiger partial charge < -0.3 is 10.6 Å². The van der Waals surface area contributed by atoms with Crippen LogP contribution >= 0.6 is 0 Å². The number of amidine groups is 1. The first-order valence-electron chi connectivity index (χ1n) is 6.81. The molecule has 0 aromatic carbocycles. The van der Waals surface area contributed by atoms with E-state index >= 15 is 0 Å². The van der Waals surface area contributed by atoms with Crippen molar-refractivity contribution in [2.75, 3.05) is 31.1 Å². The van der Waals surface area contributed by atoms with Crippen LogP contribution in [0.4, 0.5) is 5.82 Å². The fourth-order valence-electron chi connectivity index (χ4n) is 2.61. The Kier molecular flexibility index (Phi) is 4.31. The predicted octanol–water partition coefficient (Wildman–Crippen LogP) is 0.681. The van der Waals surface area contributed by atoms with E-state index in [0.29, 0.717) is 11.7 Å². The Hall–Kier alpha value is -1.69. The number of likely N-dealkylation sites (N-methyl/N-ethyl adjacent to an activating group) is 1. The highest BCUT2D eigenvalue weighted by Gasteiger charge is 2.26. The molecule has 0 aliphatic carbocycles. The Morgan fingerprint density at radius 1 is 1.42 bits per heavy atom. The van der Waals surface area contributed by atoms with E-state index in [1.54, 1.807) is 12.4 Å². The number of aromatic nitrogens is 2. The van der Waals surface area contributed by atoms with Crippen molar-refractivity contribution >= 4 is 11.7 Å². The number of anilines is 1. The highest BCUT2D eigenvalue weighted by molar-refractivity contribution is 5.92. The normalized spacial score (nSPS) is 19.1. The summed E-state index contributed by atoms with van der Waals surface area (Å²) in [6, 6.07) is 0.601. The fraction of sp³-hybridized carbons (Fsp3) is 0.615. The van der Waals surface area contributed by atoms with Crippen molar-refractivity contribution in [3.63, 3.8) is 0 Å². The third-order valence-corrected chi connectivity index (χ3v) is 3.73. The van der Waals surface area contributed by atoms with Gasteiger partial charge in [0.1, 0.15) is 17.3 Å². The third-order valence-electron chi connectivity index (χ3n) is 3.73. The molecular weight excluding hydrogens is 240 g/mol. The Morgan fingerprint density at radius 2 is 2.16 bits per heavy atom. The zero-order valence-corrected chi connectivity index (χ0v) is 11.6. The molecule has 1 fully saturated rings. The number of nitrogen functional groups attached to an aromatic ring is 1. The molecule has 19 heavy (non-hydrogen) atoms. The van der Waals surface area contributed by atoms with Crippen LogP contribution in [0.5, 0.6) is 0 Å². The molecular formula is C13H22N6. The van der Waals surface area contributed by atoms with Crippen LogP contribution < -0.4 is 10.6 Å². The first kappa shape index (κ1) is 13.7. The van der Waals surface area contributed by atoms with Crippen LogP contribution in [-0.4, -0.2) is 52.9 Å². The van der Waals surface area contributed by atoms with Crippen molar-refractivity contribution in [3.05, 3.63) is 18.1 Å². The van der Waals surface area contributed by atoms with Gasteiger partial charge >= 0.3 is 0 Å². The van der Waals surface area contributed by atoms with Gasteiger partial charge in [0.15, 0.2) is 0 Å². The van der Waals surface area contributed by atoms with Crippen LogP contribution in [0.1, 0.15) is 26.0 Å². The average molecular weight is 262 g/mol. The van der Waals surface area contributed by atoms with Crippen molar-refractivity contribution in [2.24, 2.45) is 5.73 Å². The molecule has 1 aliphatic heterocycles. The molecule has 1 aliphatic rings. The van der Waals surface area contributed by atoms with E-state index in [9.17, 15) is 0 Å². The molecule has 3 N–H and O–H groups in total. The van der Waals surface area contributed by atoms with Gasteiger partial charge in [-0.05, 0) is 19.5 Å². The van der Waals surface area contributed by atoms with E-state index in [1.165, 1.54) is 0 Å². The zero-order valence-electron chi connectivity index (χ0n) is 11.6. The average Bonchev–Trinajstić information content (AvgIpc) is 2.90. The van der Waals surface area contributed by atoms with Crippen molar-refractivity contribution in [1.82, 2.24) is 14.9 Å². The molecule has 1 aromatic rings. The lowest BCUT2D eigenvalue weighted by Crippen LogP contribution is -2.37. The SMILES string of the molecule is CCN(CC)C1CCN(c2cnc(C(=N)N)cn2)C1. The molecule has 1 saturated heterocycles. The number of nitrogens with zero attached hydrogens (tertiary/aromatic N) is 4. The topological polar surface area (TPSA) is 82.1 Å². The number of nitrogens with one attached hydrogen (secondary N) is 1. The van der Waals surface area contributed by atoms with Crippen LogP contribution in [-0.2, 0) is 0 Å². The van der Waals surface area contributed by atoms with Crippen molar-refractivity contribution < 1.29 is 0 Å². The van der Waals surface area contributed by atoms with Crippen molar-refractivity contribution in [3.8, 4) is 0 Å². The first-order valence-corrected chi connectivity index (χ1v) is 6.81. The number of nitrogens with two attached hydrogens (primary N) is 1. The summed E-state index contributed by atoms with van der Waals surface area (Å²) in [5, 5.41) is 7.31. The predicted molar refractivity (Wildman–Crippen MR) is 76.6 cm³/mol. The van der Waals surface area contributed by atoms with Crippen LogP contribution in [0.3, 0.4) is 0 Å². The zero-order chi connectivity index (χ0) is 13.8. The molecule has 6 nitrogen and oxygen atoms in total. The Morgan fingerprint density at radius 3 is 2.68 bits per heavy atom. The van der Waals surface area contributed by atoms with Gasteiger partial charge in [-0.25, -0.2) is 9.97 Å². The second-order valence-corrected chi connectivity index (χ2v) is 4.78. The molecule has 6 heteroatoms. The standard InChI is InChI=1S/C13H22N6/c1-3-18(4-2)10-5-6-19(9-10)12-8-16-11(7-17-12)13(14)15/h7-8,10H,3-6,9H2,1-2H3,(H3,14,15). The molecule has 2 heterocycles. The summed E-state index contributed by atoms with van der Waals surface area (Å²) in [4.78, 5) is 13.3. The minimum atomic E-state index is -0.0403. The van der Waals surface area contributed by atoms with Gasteiger partial charge in [-0.1, -0.05) is 13.8 Å². The maximum Gasteiger partial charge on any atom is 0.147 e. The van der Waals surface area contributed by atoms with E-state index in [0.717, 1.165) is 38.4 Å². The summed E-state index contributed by atoms with van der Waals surface area (Å²) < 4.78 is 0. The highest BCUT2D eigenvalue weighted by atomic mass is 15.3. The summed E-state index contributed by atoms with van der Waals surface area (Å²) in [7, 11) is 0. The number of hydrogen-bond acceptors (Lipinski definition) is 5. The lowest BCUT2D eigenvalue weighted by Gasteiger charge is -2.26. The summed E-state index contributed by atoms with van der Waals surface area (Å²) in [6.45, 7) is 8.58. The van der Waals surface area contributed by atoms with E-state index in [4.69, 9.17) is 11.1 Å². The van der Waals surface area contributed by atoms with Gasteiger partial charge in [0.25, 0.3) is 0 Å². The van der Waals surface area contributed by atoms with Gasteiger partial charge in [0.05, 0.1) is 12.4 Å². The highest BCUT2D eigenvalue weighted by Crippen LogP contribution is 2.20. The lowest BCUT2D eigenvalue weighted by molar-refractivity contribution is 0.232. The molecule has 2 rings (SSSR count). The molecule has 1 atom stereocenters. The van der Waals surface area contributed by atoms with E-state index in [-0.39, 0.29) is 5.84 Å². The second kappa shape index (κ2) is 5.97. The minimum absolute atomic E-state index is 0.0403. The quantitative estimate of drug-likeness (QED) is 0.602. The van der Waals surface area contributed by atoms with E-state index in [2.05, 4.69) is 33.6 Å². The Bertz CT molecular complexity index is 425. The number of hydrogen-bond donors (Lipinski definition) is 2. The van der Waals surface area contributed by atoms with Gasteiger partial charge in [-0.3, -0.25) is 10.3 Å². The Balaban J connectivity index is 2.02. The Labute approximate surface area is 114 Å². The molecule has 1 unspecified atom stereocenters. The minimum Gasteiger partial charge on any atom is -0.382 e. The first-order chi connectivity index (χ1) is 9.15. The molecule has 0 saturated carbocycles. The monoisotopic (exact) mass is 262 g/mol. The summed E-state index contributed by atoms with van der Waals surface area (Å²) in [5.41, 5.74) is 5.81. The number of rotatable bonds is 5. The molecule has 1 aromatic heterocycles. The van der Waals surface area contributed by atoms with E-state index in [1.807, 2.05) is 0 Å². The summed E-state index contributed by atoms with van der Waals surface area (Å²) in [5.74, 6) is 0.834. The molecule has 104 valence electrons. The molecule has 0 bridgehead atoms. The third kappa shape index (κ3) is 3.01. The summed E-state index contributed by atoms with van der Waals surface area (Å²) in [6.07, 6.45) is 4.45. The van der Waals surface area contributed by atoms with Crippen molar-refractivity contribution in [1.29, 1.82) is 5.41 Å². The van der Waals surface area contributed by atoms with Crippen LogP contribution in [0.2, 0.25) is 0 Å².